The Morgan fingerprint density at radius 2 is 1.41 bits per heavy atom. The molecule has 0 unspecified atom stereocenters. The Morgan fingerprint density at radius 1 is 0.815 bits per heavy atom. The van der Waals surface area contributed by atoms with Gasteiger partial charge in [-0.05, 0) is 92.5 Å². The topological polar surface area (TPSA) is 46.6 Å². The van der Waals surface area contributed by atoms with Gasteiger partial charge < -0.3 is 4.74 Å². The third-order valence-electron chi connectivity index (χ3n) is 6.74. The van der Waals surface area contributed by atoms with E-state index in [1.54, 1.807) is 0 Å². The molecule has 2 saturated carbocycles. The van der Waals surface area contributed by atoms with Crippen molar-refractivity contribution in [2.45, 2.75) is 33.1 Å². The first-order valence-corrected chi connectivity index (χ1v) is 9.76. The summed E-state index contributed by atoms with van der Waals surface area (Å²) < 4.78 is 5.92. The summed E-state index contributed by atoms with van der Waals surface area (Å²) in [5.74, 6) is 2.14. The quantitative estimate of drug-likeness (QED) is 0.749. The highest BCUT2D eigenvalue weighted by Gasteiger charge is 2.61. The number of fused-ring (bicyclic) bond motifs is 5. The molecular formula is C23H23NO3. The Kier molecular flexibility index (Phi) is 3.64. The summed E-state index contributed by atoms with van der Waals surface area (Å²) in [6.07, 6.45) is 3.26. The zero-order valence-corrected chi connectivity index (χ0v) is 15.6. The van der Waals surface area contributed by atoms with E-state index in [9.17, 15) is 9.59 Å². The van der Waals surface area contributed by atoms with Gasteiger partial charge >= 0.3 is 0 Å². The second-order valence-electron chi connectivity index (χ2n) is 8.24. The fourth-order valence-corrected chi connectivity index (χ4v) is 5.24. The third-order valence-corrected chi connectivity index (χ3v) is 6.74. The lowest BCUT2D eigenvalue weighted by Crippen LogP contribution is -2.32. The molecule has 27 heavy (non-hydrogen) atoms. The fourth-order valence-electron chi connectivity index (χ4n) is 5.24. The zero-order valence-electron chi connectivity index (χ0n) is 15.6. The lowest BCUT2D eigenvalue weighted by atomic mass is 9.81. The summed E-state index contributed by atoms with van der Waals surface area (Å²) >= 11 is 0. The Labute approximate surface area is 159 Å². The first kappa shape index (κ1) is 16.5. The number of imide groups is 1. The highest BCUT2D eigenvalue weighted by Crippen LogP contribution is 2.56. The number of rotatable bonds is 3. The molecule has 1 saturated heterocycles. The standard InChI is InChI=1S/C23H23NO3/c1-13-3-8-19(11-14(13)2)27-18-9-6-17(7-10-18)24-22(25)20-15-4-5-16(12-15)21(20)23(24)26/h3,6-11,15-16,20-21H,4-5,12H2,1-2H3/t15-,16-,20-,21-/m0/s1. The maximum Gasteiger partial charge on any atom is 0.237 e. The lowest BCUT2D eigenvalue weighted by Gasteiger charge is -2.19. The van der Waals surface area contributed by atoms with Gasteiger partial charge in [-0.25, -0.2) is 0 Å². The fraction of sp³-hybridized carbons (Fsp3) is 0.391. The van der Waals surface area contributed by atoms with Crippen LogP contribution in [0.15, 0.2) is 42.5 Å². The van der Waals surface area contributed by atoms with E-state index in [2.05, 4.69) is 13.8 Å². The summed E-state index contributed by atoms with van der Waals surface area (Å²) in [5.41, 5.74) is 3.06. The number of benzene rings is 2. The van der Waals surface area contributed by atoms with Crippen molar-refractivity contribution < 1.29 is 14.3 Å². The smallest absolute Gasteiger partial charge is 0.237 e. The van der Waals surface area contributed by atoms with Crippen molar-refractivity contribution >= 4 is 17.5 Å². The van der Waals surface area contributed by atoms with Gasteiger partial charge in [0.15, 0.2) is 0 Å². The Morgan fingerprint density at radius 3 is 2.00 bits per heavy atom. The largest absolute Gasteiger partial charge is 0.457 e. The van der Waals surface area contributed by atoms with Crippen molar-refractivity contribution in [3.8, 4) is 11.5 Å². The van der Waals surface area contributed by atoms with E-state index in [1.807, 2.05) is 42.5 Å². The maximum absolute atomic E-state index is 12.9. The molecule has 4 nitrogen and oxygen atoms in total. The number of anilines is 1. The van der Waals surface area contributed by atoms with Crippen LogP contribution in [0.25, 0.3) is 0 Å². The minimum absolute atomic E-state index is 0.0000257. The predicted octanol–water partition coefficient (Wildman–Crippen LogP) is 4.63. The molecule has 5 rings (SSSR count). The summed E-state index contributed by atoms with van der Waals surface area (Å²) in [6.45, 7) is 4.12. The lowest BCUT2D eigenvalue weighted by molar-refractivity contribution is -0.123. The molecule has 1 aliphatic heterocycles. The number of nitrogens with zero attached hydrogens (tertiary/aromatic N) is 1. The molecule has 138 valence electrons. The Hall–Kier alpha value is -2.62. The third kappa shape index (κ3) is 2.50. The summed E-state index contributed by atoms with van der Waals surface area (Å²) in [4.78, 5) is 27.2. The van der Waals surface area contributed by atoms with Gasteiger partial charge in [0.2, 0.25) is 11.8 Å². The van der Waals surface area contributed by atoms with Crippen LogP contribution < -0.4 is 9.64 Å². The first-order chi connectivity index (χ1) is 13.0. The van der Waals surface area contributed by atoms with Crippen molar-refractivity contribution in [1.82, 2.24) is 0 Å². The van der Waals surface area contributed by atoms with Gasteiger partial charge in [-0.15, -0.1) is 0 Å². The Balaban J connectivity index is 1.37. The molecule has 2 bridgehead atoms. The highest BCUT2D eigenvalue weighted by molar-refractivity contribution is 6.22. The van der Waals surface area contributed by atoms with Crippen LogP contribution in [0.2, 0.25) is 0 Å². The summed E-state index contributed by atoms with van der Waals surface area (Å²) in [7, 11) is 0. The van der Waals surface area contributed by atoms with E-state index in [-0.39, 0.29) is 23.7 Å². The van der Waals surface area contributed by atoms with Gasteiger partial charge in [-0.3, -0.25) is 14.5 Å². The van der Waals surface area contributed by atoms with E-state index in [0.29, 0.717) is 23.3 Å². The van der Waals surface area contributed by atoms with Crippen LogP contribution >= 0.6 is 0 Å². The van der Waals surface area contributed by atoms with Gasteiger partial charge in [-0.2, -0.15) is 0 Å². The number of amides is 2. The second-order valence-corrected chi connectivity index (χ2v) is 8.24. The van der Waals surface area contributed by atoms with E-state index in [4.69, 9.17) is 4.74 Å². The minimum Gasteiger partial charge on any atom is -0.457 e. The molecular weight excluding hydrogens is 338 g/mol. The maximum atomic E-state index is 12.9. The average molecular weight is 361 g/mol. The summed E-state index contributed by atoms with van der Waals surface area (Å²) in [6, 6.07) is 13.3. The predicted molar refractivity (Wildman–Crippen MR) is 103 cm³/mol. The van der Waals surface area contributed by atoms with Gasteiger partial charge in [0.1, 0.15) is 11.5 Å². The number of ether oxygens (including phenoxy) is 1. The van der Waals surface area contributed by atoms with Gasteiger partial charge in [-0.1, -0.05) is 6.07 Å². The van der Waals surface area contributed by atoms with Gasteiger partial charge in [0.05, 0.1) is 17.5 Å². The molecule has 3 fully saturated rings. The number of hydrogen-bond acceptors (Lipinski definition) is 3. The van der Waals surface area contributed by atoms with Crippen LogP contribution in [0.1, 0.15) is 30.4 Å². The molecule has 2 amide bonds. The van der Waals surface area contributed by atoms with Gasteiger partial charge in [0, 0.05) is 0 Å². The van der Waals surface area contributed by atoms with Crippen LogP contribution in [0, 0.1) is 37.5 Å². The number of aryl methyl sites for hydroxylation is 2. The molecule has 0 N–H and O–H groups in total. The first-order valence-electron chi connectivity index (χ1n) is 9.76. The molecule has 2 aromatic rings. The molecule has 0 aromatic heterocycles. The van der Waals surface area contributed by atoms with Crippen LogP contribution in [0.3, 0.4) is 0 Å². The molecule has 0 spiro atoms. The van der Waals surface area contributed by atoms with Crippen molar-refractivity contribution in [3.05, 3.63) is 53.6 Å². The molecule has 2 aromatic carbocycles. The van der Waals surface area contributed by atoms with E-state index >= 15 is 0 Å². The van der Waals surface area contributed by atoms with Crippen molar-refractivity contribution in [2.24, 2.45) is 23.7 Å². The van der Waals surface area contributed by atoms with Crippen LogP contribution in [0.4, 0.5) is 5.69 Å². The number of carbonyl (C=O) groups is 2. The van der Waals surface area contributed by atoms with Crippen molar-refractivity contribution in [1.29, 1.82) is 0 Å². The molecule has 4 heteroatoms. The van der Waals surface area contributed by atoms with Crippen LogP contribution in [0.5, 0.6) is 11.5 Å². The second kappa shape index (κ2) is 5.95. The van der Waals surface area contributed by atoms with Gasteiger partial charge in [0.25, 0.3) is 0 Å². The van der Waals surface area contributed by atoms with E-state index in [1.165, 1.54) is 16.0 Å². The average Bonchev–Trinajstić information content (AvgIpc) is 3.33. The van der Waals surface area contributed by atoms with Crippen LogP contribution in [-0.2, 0) is 9.59 Å². The normalized spacial score (nSPS) is 28.7. The Bertz CT molecular complexity index is 905. The highest BCUT2D eigenvalue weighted by atomic mass is 16.5. The zero-order chi connectivity index (χ0) is 18.7. The van der Waals surface area contributed by atoms with Crippen LogP contribution in [-0.4, -0.2) is 11.8 Å². The summed E-state index contributed by atoms with van der Waals surface area (Å²) in [5, 5.41) is 0. The molecule has 3 aliphatic rings. The minimum atomic E-state index is -0.0808. The van der Waals surface area contributed by atoms with Crippen molar-refractivity contribution in [2.75, 3.05) is 4.90 Å². The molecule has 2 aliphatic carbocycles. The van der Waals surface area contributed by atoms with Crippen molar-refractivity contribution in [3.63, 3.8) is 0 Å². The van der Waals surface area contributed by atoms with E-state index < -0.39 is 0 Å². The molecule has 4 atom stereocenters. The molecule has 1 heterocycles. The number of hydrogen-bond donors (Lipinski definition) is 0. The molecule has 0 radical (unpaired) electrons. The SMILES string of the molecule is Cc1ccc(Oc2ccc(N3C(=O)[C@H]4[C@H]5CC[C@@H](C5)[C@@H]4C3=O)cc2)cc1C. The monoisotopic (exact) mass is 361 g/mol. The van der Waals surface area contributed by atoms with E-state index in [0.717, 1.165) is 25.0 Å². The number of carbonyl (C=O) groups excluding carboxylic acids is 2.